The summed E-state index contributed by atoms with van der Waals surface area (Å²) in [7, 11) is 0. The molecule has 2 heterocycles. The second-order valence-electron chi connectivity index (χ2n) is 11.1. The number of anilines is 1. The molecule has 2 aromatic heterocycles. The van der Waals surface area contributed by atoms with E-state index in [1.807, 2.05) is 37.3 Å². The van der Waals surface area contributed by atoms with Crippen LogP contribution in [0.5, 0.6) is 0 Å². The monoisotopic (exact) mass is 713 g/mol. The Morgan fingerprint density at radius 1 is 0.902 bits per heavy atom. The summed E-state index contributed by atoms with van der Waals surface area (Å²) in [6, 6.07) is 20.1. The van der Waals surface area contributed by atoms with Gasteiger partial charge in [0.15, 0.2) is 5.65 Å². The van der Waals surface area contributed by atoms with E-state index >= 15 is 0 Å². The highest BCUT2D eigenvalue weighted by molar-refractivity contribution is 5.98. The van der Waals surface area contributed by atoms with Crippen LogP contribution < -0.4 is 16.2 Å². The molecule has 51 heavy (non-hydrogen) atoms. The molecule has 1 amide bonds. The zero-order chi connectivity index (χ0) is 37.3. The highest BCUT2D eigenvalue weighted by Gasteiger charge is 2.38. The van der Waals surface area contributed by atoms with Gasteiger partial charge in [-0.3, -0.25) is 14.2 Å². The predicted molar refractivity (Wildman–Crippen MR) is 178 cm³/mol. The summed E-state index contributed by atoms with van der Waals surface area (Å²) in [6.45, 7) is 1.35. The van der Waals surface area contributed by atoms with Gasteiger partial charge in [-0.1, -0.05) is 42.5 Å². The van der Waals surface area contributed by atoms with Gasteiger partial charge in [0.1, 0.15) is 17.3 Å². The number of fused-ring (bicyclic) bond motifs is 1. The van der Waals surface area contributed by atoms with Gasteiger partial charge in [-0.25, -0.2) is 18.6 Å². The molecule has 0 saturated heterocycles. The Labute approximate surface area is 287 Å². The molecule has 3 aromatic carbocycles. The number of benzene rings is 3. The highest BCUT2D eigenvalue weighted by Crippen LogP contribution is 2.32. The summed E-state index contributed by atoms with van der Waals surface area (Å²) in [5, 5.41) is 32.5. The highest BCUT2D eigenvalue weighted by atomic mass is 19.4. The van der Waals surface area contributed by atoms with E-state index in [1.54, 1.807) is 18.2 Å². The summed E-state index contributed by atoms with van der Waals surface area (Å²) in [5.74, 6) is -5.10. The largest absolute Gasteiger partial charge is 0.490 e. The molecule has 0 spiro atoms. The molecule has 0 unspecified atom stereocenters. The fourth-order valence-electron chi connectivity index (χ4n) is 4.89. The number of carboxylic acids is 1. The molecule has 0 aliphatic rings. The molecule has 0 atom stereocenters. The number of carbonyl (C=O) groups is 2. The van der Waals surface area contributed by atoms with E-state index in [4.69, 9.17) is 9.90 Å². The number of amides is 1. The number of aliphatic hydroxyl groups is 2. The van der Waals surface area contributed by atoms with Gasteiger partial charge in [-0.15, -0.1) is 0 Å². The molecule has 0 aliphatic carbocycles. The van der Waals surface area contributed by atoms with Crippen LogP contribution in [-0.4, -0.2) is 73.7 Å². The number of rotatable bonds is 11. The lowest BCUT2D eigenvalue weighted by molar-refractivity contribution is -0.192. The Kier molecular flexibility index (Phi) is 12.5. The molecule has 0 bridgehead atoms. The molecule has 11 nitrogen and oxygen atoms in total. The van der Waals surface area contributed by atoms with Crippen LogP contribution in [0.15, 0.2) is 83.7 Å². The third-order valence-electron chi connectivity index (χ3n) is 7.45. The Balaban J connectivity index is 0.000000755. The summed E-state index contributed by atoms with van der Waals surface area (Å²) >= 11 is 0. The third kappa shape index (κ3) is 9.49. The van der Waals surface area contributed by atoms with Crippen molar-refractivity contribution >= 4 is 28.9 Å². The maximum absolute atomic E-state index is 14.9. The van der Waals surface area contributed by atoms with Crippen molar-refractivity contribution in [1.29, 1.82) is 0 Å². The number of carbonyl (C=O) groups excluding carboxylic acids is 1. The molecule has 0 saturated carbocycles. The van der Waals surface area contributed by atoms with Crippen molar-refractivity contribution < 1.29 is 46.9 Å². The second kappa shape index (κ2) is 16.8. The maximum atomic E-state index is 14.9. The standard InChI is InChI=1S/C33H31F2N5O4.C2HF3O2/c1-20-12-13-22(32(44)36-16-6-9-21-7-3-2-4-8-21)17-25(20)29-24-14-15-28(43)40(30-26(34)10-5-11-27(30)35)31(24)39-33(38-29)37-23(18-41)19-42;3-2(4,5)1(6)7/h2-5,7-8,10-15,17,23,41-42H,6,9,16,18-19H2,1H3,(H,36,44)(H,37,38,39);(H,6,7). The number of hydrogen-bond acceptors (Lipinski definition) is 8. The van der Waals surface area contributed by atoms with E-state index < -0.39 is 54.3 Å². The van der Waals surface area contributed by atoms with Crippen LogP contribution in [0.2, 0.25) is 0 Å². The molecule has 5 rings (SSSR count). The Bertz CT molecular complexity index is 2050. The van der Waals surface area contributed by atoms with Crippen molar-refractivity contribution in [3.05, 3.63) is 118 Å². The number of alkyl halides is 3. The van der Waals surface area contributed by atoms with Crippen LogP contribution in [0.3, 0.4) is 0 Å². The average molecular weight is 714 g/mol. The minimum Gasteiger partial charge on any atom is -0.475 e. The normalized spacial score (nSPS) is 11.2. The van der Waals surface area contributed by atoms with Gasteiger partial charge >= 0.3 is 12.1 Å². The molecule has 5 N–H and O–H groups in total. The van der Waals surface area contributed by atoms with Gasteiger partial charge in [0.2, 0.25) is 5.95 Å². The van der Waals surface area contributed by atoms with Crippen LogP contribution in [0.4, 0.5) is 27.9 Å². The maximum Gasteiger partial charge on any atom is 0.490 e. The fraction of sp³-hybridized carbons (Fsp3) is 0.229. The number of nitrogens with zero attached hydrogens (tertiary/aromatic N) is 3. The number of aromatic nitrogens is 3. The number of para-hydroxylation sites is 1. The van der Waals surface area contributed by atoms with Crippen molar-refractivity contribution in [2.24, 2.45) is 0 Å². The van der Waals surface area contributed by atoms with E-state index in [1.165, 1.54) is 17.7 Å². The number of aryl methyl sites for hydroxylation is 2. The van der Waals surface area contributed by atoms with Crippen LogP contribution in [0.1, 0.15) is 27.9 Å². The molecule has 5 aromatic rings. The quantitative estimate of drug-likeness (QED) is 0.0955. The van der Waals surface area contributed by atoms with E-state index in [0.29, 0.717) is 17.7 Å². The van der Waals surface area contributed by atoms with E-state index in [9.17, 15) is 41.8 Å². The SMILES string of the molecule is Cc1ccc(C(=O)NCCCc2ccccc2)cc1-c1nc(NC(CO)CO)nc2c1ccc(=O)n2-c1c(F)cccc1F.O=C(O)C(F)(F)F. The van der Waals surface area contributed by atoms with Crippen LogP contribution in [0.25, 0.3) is 28.0 Å². The Morgan fingerprint density at radius 2 is 1.55 bits per heavy atom. The summed E-state index contributed by atoms with van der Waals surface area (Å²) in [5.41, 5.74) is 1.60. The molecule has 0 radical (unpaired) electrons. The number of halogens is 5. The van der Waals surface area contributed by atoms with Gasteiger partial charge in [0, 0.05) is 29.1 Å². The third-order valence-corrected chi connectivity index (χ3v) is 7.45. The Hall–Kier alpha value is -5.74. The summed E-state index contributed by atoms with van der Waals surface area (Å²) in [4.78, 5) is 44.1. The summed E-state index contributed by atoms with van der Waals surface area (Å²) < 4.78 is 62.5. The zero-order valence-electron chi connectivity index (χ0n) is 26.9. The minimum absolute atomic E-state index is 0.105. The van der Waals surface area contributed by atoms with Gasteiger partial charge in [0.25, 0.3) is 11.5 Å². The first kappa shape index (κ1) is 38.1. The topological polar surface area (TPSA) is 167 Å². The minimum atomic E-state index is -5.08. The number of aliphatic hydroxyl groups excluding tert-OH is 2. The number of carboxylic acid groups (broad SMARTS) is 1. The first-order valence-electron chi connectivity index (χ1n) is 15.3. The molecule has 268 valence electrons. The smallest absolute Gasteiger partial charge is 0.475 e. The van der Waals surface area contributed by atoms with Gasteiger partial charge in [-0.2, -0.15) is 18.2 Å². The van der Waals surface area contributed by atoms with Crippen molar-refractivity contribution in [2.75, 3.05) is 25.1 Å². The number of aliphatic carboxylic acids is 1. The van der Waals surface area contributed by atoms with Crippen LogP contribution >= 0.6 is 0 Å². The van der Waals surface area contributed by atoms with Gasteiger partial charge in [-0.05, 0) is 61.2 Å². The van der Waals surface area contributed by atoms with Crippen molar-refractivity contribution in [3.63, 3.8) is 0 Å². The van der Waals surface area contributed by atoms with E-state index in [-0.39, 0.29) is 28.6 Å². The lowest BCUT2D eigenvalue weighted by Crippen LogP contribution is -2.29. The first-order chi connectivity index (χ1) is 24.2. The zero-order valence-corrected chi connectivity index (χ0v) is 26.9. The van der Waals surface area contributed by atoms with E-state index in [0.717, 1.165) is 41.2 Å². The number of hydrogen-bond donors (Lipinski definition) is 5. The van der Waals surface area contributed by atoms with E-state index in [2.05, 4.69) is 20.6 Å². The number of nitrogens with one attached hydrogen (secondary N) is 2. The molecular formula is C35H32F5N5O6. The average Bonchev–Trinajstić information content (AvgIpc) is 3.10. The molecule has 16 heteroatoms. The molecule has 0 aliphatic heterocycles. The van der Waals surface area contributed by atoms with Crippen LogP contribution in [0, 0.1) is 18.6 Å². The Morgan fingerprint density at radius 3 is 2.16 bits per heavy atom. The lowest BCUT2D eigenvalue weighted by Gasteiger charge is -2.18. The van der Waals surface area contributed by atoms with Crippen molar-refractivity contribution in [3.8, 4) is 16.9 Å². The van der Waals surface area contributed by atoms with Crippen molar-refractivity contribution in [2.45, 2.75) is 32.0 Å². The van der Waals surface area contributed by atoms with Crippen molar-refractivity contribution in [1.82, 2.24) is 19.9 Å². The molecule has 0 fully saturated rings. The lowest BCUT2D eigenvalue weighted by atomic mass is 9.99. The van der Waals surface area contributed by atoms with Gasteiger partial charge < -0.3 is 26.0 Å². The van der Waals surface area contributed by atoms with Crippen LogP contribution in [-0.2, 0) is 11.2 Å². The van der Waals surface area contributed by atoms with Gasteiger partial charge in [0.05, 0.1) is 24.9 Å². The predicted octanol–water partition coefficient (Wildman–Crippen LogP) is 4.80. The first-order valence-corrected chi connectivity index (χ1v) is 15.3. The fourth-order valence-corrected chi connectivity index (χ4v) is 4.89. The number of pyridine rings is 1. The summed E-state index contributed by atoms with van der Waals surface area (Å²) in [6.07, 6.45) is -3.52. The molecular weight excluding hydrogens is 681 g/mol. The second-order valence-corrected chi connectivity index (χ2v) is 11.1.